The SMILES string of the molecule is Cc1ccc(-c2nc(C)c(C(=O)Nc3cc(-n4cnnn4)ccc3C)s2)o1. The van der Waals surface area contributed by atoms with Crippen molar-refractivity contribution in [3.05, 3.63) is 58.6 Å². The van der Waals surface area contributed by atoms with Gasteiger partial charge in [0.2, 0.25) is 0 Å². The first-order valence-electron chi connectivity index (χ1n) is 8.21. The van der Waals surface area contributed by atoms with Crippen LogP contribution in [0.1, 0.15) is 26.7 Å². The van der Waals surface area contributed by atoms with Crippen molar-refractivity contribution >= 4 is 22.9 Å². The number of nitrogens with zero attached hydrogens (tertiary/aromatic N) is 5. The highest BCUT2D eigenvalue weighted by Gasteiger charge is 2.19. The number of thiazole rings is 1. The van der Waals surface area contributed by atoms with E-state index in [1.54, 1.807) is 0 Å². The number of furan rings is 1. The summed E-state index contributed by atoms with van der Waals surface area (Å²) >= 11 is 1.31. The lowest BCUT2D eigenvalue weighted by molar-refractivity contribution is 0.102. The fraction of sp³-hybridized carbons (Fsp3) is 0.167. The molecule has 0 spiro atoms. The summed E-state index contributed by atoms with van der Waals surface area (Å²) in [5.41, 5.74) is 3.05. The van der Waals surface area contributed by atoms with Gasteiger partial charge in [0.1, 0.15) is 17.0 Å². The van der Waals surface area contributed by atoms with Gasteiger partial charge in [0.15, 0.2) is 10.8 Å². The van der Waals surface area contributed by atoms with Crippen molar-refractivity contribution in [2.24, 2.45) is 0 Å². The maximum atomic E-state index is 12.8. The minimum absolute atomic E-state index is 0.212. The van der Waals surface area contributed by atoms with E-state index in [1.165, 1.54) is 22.3 Å². The zero-order valence-corrected chi connectivity index (χ0v) is 15.7. The Morgan fingerprint density at radius 3 is 2.74 bits per heavy atom. The van der Waals surface area contributed by atoms with Crippen LogP contribution < -0.4 is 5.32 Å². The number of benzene rings is 1. The molecule has 3 heterocycles. The molecule has 0 bridgehead atoms. The Balaban J connectivity index is 1.61. The molecule has 4 aromatic rings. The van der Waals surface area contributed by atoms with E-state index < -0.39 is 0 Å². The van der Waals surface area contributed by atoms with E-state index in [1.807, 2.05) is 51.1 Å². The number of aromatic nitrogens is 5. The van der Waals surface area contributed by atoms with Gasteiger partial charge < -0.3 is 9.73 Å². The van der Waals surface area contributed by atoms with Gasteiger partial charge in [-0.05, 0) is 61.0 Å². The lowest BCUT2D eigenvalue weighted by atomic mass is 10.1. The Labute approximate surface area is 158 Å². The summed E-state index contributed by atoms with van der Waals surface area (Å²) in [6, 6.07) is 9.35. The Hall–Kier alpha value is -3.33. The van der Waals surface area contributed by atoms with Crippen LogP contribution in [0.4, 0.5) is 5.69 Å². The lowest BCUT2D eigenvalue weighted by Gasteiger charge is -2.09. The van der Waals surface area contributed by atoms with Crippen LogP contribution in [0.15, 0.2) is 41.1 Å². The van der Waals surface area contributed by atoms with E-state index in [4.69, 9.17) is 4.42 Å². The number of hydrogen-bond acceptors (Lipinski definition) is 7. The number of amides is 1. The summed E-state index contributed by atoms with van der Waals surface area (Å²) in [6.45, 7) is 5.61. The zero-order chi connectivity index (χ0) is 19.0. The van der Waals surface area contributed by atoms with Crippen molar-refractivity contribution in [3.8, 4) is 16.5 Å². The molecule has 0 radical (unpaired) electrons. The summed E-state index contributed by atoms with van der Waals surface area (Å²) in [5.74, 6) is 1.26. The van der Waals surface area contributed by atoms with Gasteiger partial charge in [0.25, 0.3) is 5.91 Å². The Morgan fingerprint density at radius 1 is 1.19 bits per heavy atom. The van der Waals surface area contributed by atoms with Crippen LogP contribution in [-0.4, -0.2) is 31.1 Å². The van der Waals surface area contributed by atoms with Crippen LogP contribution in [-0.2, 0) is 0 Å². The summed E-state index contributed by atoms with van der Waals surface area (Å²) in [5, 5.41) is 14.8. The molecule has 0 atom stereocenters. The molecule has 1 amide bonds. The monoisotopic (exact) mass is 380 g/mol. The summed E-state index contributed by atoms with van der Waals surface area (Å²) in [7, 11) is 0. The van der Waals surface area contributed by atoms with Gasteiger partial charge in [-0.15, -0.1) is 16.4 Å². The number of tetrazole rings is 1. The second-order valence-electron chi connectivity index (χ2n) is 6.05. The molecule has 3 aromatic heterocycles. The molecule has 27 heavy (non-hydrogen) atoms. The molecule has 1 aromatic carbocycles. The van der Waals surface area contributed by atoms with E-state index in [-0.39, 0.29) is 5.91 Å². The molecule has 0 saturated carbocycles. The average molecular weight is 380 g/mol. The fourth-order valence-corrected chi connectivity index (χ4v) is 3.53. The molecule has 1 N–H and O–H groups in total. The number of anilines is 1. The predicted molar refractivity (Wildman–Crippen MR) is 101 cm³/mol. The van der Waals surface area contributed by atoms with E-state index >= 15 is 0 Å². The van der Waals surface area contributed by atoms with Gasteiger partial charge in [0.05, 0.1) is 11.4 Å². The number of hydrogen-bond donors (Lipinski definition) is 1. The standard InChI is InChI=1S/C18H16N6O2S/c1-10-4-6-13(24-9-19-22-23-24)8-14(10)21-17(25)16-12(3)20-18(27-16)15-7-5-11(2)26-15/h4-9H,1-3H3,(H,21,25). The van der Waals surface area contributed by atoms with Gasteiger partial charge in [-0.2, -0.15) is 0 Å². The smallest absolute Gasteiger partial charge is 0.267 e. The molecule has 0 aliphatic heterocycles. The number of aryl methyl sites for hydroxylation is 3. The largest absolute Gasteiger partial charge is 0.459 e. The van der Waals surface area contributed by atoms with Gasteiger partial charge in [-0.3, -0.25) is 4.79 Å². The normalized spacial score (nSPS) is 10.9. The van der Waals surface area contributed by atoms with Crippen LogP contribution in [0.3, 0.4) is 0 Å². The Bertz CT molecular complexity index is 1110. The van der Waals surface area contributed by atoms with E-state index in [9.17, 15) is 4.79 Å². The summed E-state index contributed by atoms with van der Waals surface area (Å²) in [6.07, 6.45) is 1.50. The van der Waals surface area contributed by atoms with Gasteiger partial charge >= 0.3 is 0 Å². The third-order valence-corrected chi connectivity index (χ3v) is 5.21. The first-order chi connectivity index (χ1) is 13.0. The van der Waals surface area contributed by atoms with Crippen LogP contribution >= 0.6 is 11.3 Å². The van der Waals surface area contributed by atoms with Crippen LogP contribution in [0.5, 0.6) is 0 Å². The van der Waals surface area contributed by atoms with E-state index in [2.05, 4.69) is 25.8 Å². The predicted octanol–water partition coefficient (Wildman–Crippen LogP) is 3.56. The second kappa shape index (κ2) is 6.76. The van der Waals surface area contributed by atoms with Crippen LogP contribution in [0.2, 0.25) is 0 Å². The van der Waals surface area contributed by atoms with Crippen molar-refractivity contribution in [2.45, 2.75) is 20.8 Å². The highest BCUT2D eigenvalue weighted by atomic mass is 32.1. The maximum Gasteiger partial charge on any atom is 0.267 e. The molecule has 4 rings (SSSR count). The summed E-state index contributed by atoms with van der Waals surface area (Å²) < 4.78 is 7.14. The van der Waals surface area contributed by atoms with Gasteiger partial charge in [-0.25, -0.2) is 9.67 Å². The molecule has 136 valence electrons. The highest BCUT2D eigenvalue weighted by Crippen LogP contribution is 2.30. The second-order valence-corrected chi connectivity index (χ2v) is 7.05. The first-order valence-corrected chi connectivity index (χ1v) is 9.02. The van der Waals surface area contributed by atoms with Crippen molar-refractivity contribution in [2.75, 3.05) is 5.32 Å². The number of carbonyl (C=O) groups is 1. The van der Waals surface area contributed by atoms with E-state index in [0.29, 0.717) is 27.0 Å². The molecule has 0 aliphatic carbocycles. The Kier molecular flexibility index (Phi) is 4.28. The number of carbonyl (C=O) groups excluding carboxylic acids is 1. The first kappa shape index (κ1) is 17.1. The van der Waals surface area contributed by atoms with Crippen molar-refractivity contribution in [1.29, 1.82) is 0 Å². The van der Waals surface area contributed by atoms with Crippen LogP contribution in [0, 0.1) is 20.8 Å². The third-order valence-electron chi connectivity index (χ3n) is 4.04. The third kappa shape index (κ3) is 3.36. The van der Waals surface area contributed by atoms with E-state index in [0.717, 1.165) is 17.0 Å². The number of nitrogens with one attached hydrogen (secondary N) is 1. The fourth-order valence-electron chi connectivity index (χ4n) is 2.61. The van der Waals surface area contributed by atoms with Gasteiger partial charge in [-0.1, -0.05) is 6.07 Å². The molecule has 0 unspecified atom stereocenters. The molecule has 0 saturated heterocycles. The molecule has 9 heteroatoms. The lowest BCUT2D eigenvalue weighted by Crippen LogP contribution is -2.13. The van der Waals surface area contributed by atoms with Crippen molar-refractivity contribution in [1.82, 2.24) is 25.2 Å². The Morgan fingerprint density at radius 2 is 2.04 bits per heavy atom. The summed E-state index contributed by atoms with van der Waals surface area (Å²) in [4.78, 5) is 17.8. The number of rotatable bonds is 4. The average Bonchev–Trinajstić information content (AvgIpc) is 3.37. The molecule has 0 aliphatic rings. The zero-order valence-electron chi connectivity index (χ0n) is 14.9. The molecular formula is C18H16N6O2S. The molecule has 0 fully saturated rings. The topological polar surface area (TPSA) is 98.7 Å². The maximum absolute atomic E-state index is 12.8. The van der Waals surface area contributed by atoms with Gasteiger partial charge in [0, 0.05) is 5.69 Å². The molecular weight excluding hydrogens is 364 g/mol. The van der Waals surface area contributed by atoms with Crippen molar-refractivity contribution in [3.63, 3.8) is 0 Å². The highest BCUT2D eigenvalue weighted by molar-refractivity contribution is 7.17. The quantitative estimate of drug-likeness (QED) is 0.581. The van der Waals surface area contributed by atoms with Crippen molar-refractivity contribution < 1.29 is 9.21 Å². The minimum Gasteiger partial charge on any atom is -0.459 e. The minimum atomic E-state index is -0.212. The molecule has 8 nitrogen and oxygen atoms in total. The van der Waals surface area contributed by atoms with Crippen LogP contribution in [0.25, 0.3) is 16.5 Å².